The third-order valence-electron chi connectivity index (χ3n) is 2.35. The van der Waals surface area contributed by atoms with Crippen molar-refractivity contribution in [3.8, 4) is 11.8 Å². The second-order valence-electron chi connectivity index (χ2n) is 3.88. The van der Waals surface area contributed by atoms with E-state index in [0.29, 0.717) is 26.5 Å². The van der Waals surface area contributed by atoms with Crippen molar-refractivity contribution in [3.63, 3.8) is 0 Å². The number of rotatable bonds is 3. The molecule has 0 saturated heterocycles. The third kappa shape index (κ3) is 4.45. The maximum absolute atomic E-state index is 12.1. The van der Waals surface area contributed by atoms with Gasteiger partial charge < -0.3 is 5.11 Å². The predicted octanol–water partition coefficient (Wildman–Crippen LogP) is 3.44. The fourth-order valence-electron chi connectivity index (χ4n) is 1.43. The van der Waals surface area contributed by atoms with E-state index in [1.54, 1.807) is 18.3 Å². The summed E-state index contributed by atoms with van der Waals surface area (Å²) in [4.78, 5) is 16.9. The Balaban J connectivity index is 2.10. The Hall–Kier alpha value is -1.58. The number of halogens is 2. The van der Waals surface area contributed by atoms with Gasteiger partial charge in [-0.2, -0.15) is 0 Å². The summed E-state index contributed by atoms with van der Waals surface area (Å²) < 4.78 is 0. The average Bonchev–Trinajstić information content (AvgIpc) is 2.89. The zero-order valence-corrected chi connectivity index (χ0v) is 13.0. The lowest BCUT2D eigenvalue weighted by atomic mass is 10.2. The molecule has 2 aromatic rings. The monoisotopic (exact) mass is 340 g/mol. The quantitative estimate of drug-likeness (QED) is 0.841. The maximum Gasteiger partial charge on any atom is 0.259 e. The molecule has 1 aromatic carbocycles. The fourth-order valence-corrected chi connectivity index (χ4v) is 2.49. The fraction of sp³-hybridized carbons (Fsp3) is 0.143. The molecule has 7 heteroatoms. The molecule has 0 bridgehead atoms. The highest BCUT2D eigenvalue weighted by molar-refractivity contribution is 7.16. The van der Waals surface area contributed by atoms with Gasteiger partial charge in [0.2, 0.25) is 0 Å². The maximum atomic E-state index is 12.1. The highest BCUT2D eigenvalue weighted by atomic mass is 35.5. The van der Waals surface area contributed by atoms with Crippen LogP contribution in [0.25, 0.3) is 0 Å². The second-order valence-corrected chi connectivity index (χ2v) is 5.76. The van der Waals surface area contributed by atoms with Gasteiger partial charge in [-0.1, -0.05) is 46.4 Å². The van der Waals surface area contributed by atoms with Crippen molar-refractivity contribution in [1.29, 1.82) is 0 Å². The number of benzene rings is 1. The topological polar surface area (TPSA) is 62.2 Å². The Morgan fingerprint density at radius 2 is 2.24 bits per heavy atom. The van der Waals surface area contributed by atoms with Crippen molar-refractivity contribution in [2.45, 2.75) is 6.42 Å². The van der Waals surface area contributed by atoms with Gasteiger partial charge in [0.05, 0.1) is 28.3 Å². The van der Waals surface area contributed by atoms with E-state index in [9.17, 15) is 4.79 Å². The molecule has 0 saturated carbocycles. The first kappa shape index (κ1) is 15.8. The van der Waals surface area contributed by atoms with Crippen LogP contribution in [-0.4, -0.2) is 22.6 Å². The average molecular weight is 341 g/mol. The lowest BCUT2D eigenvalue weighted by Crippen LogP contribution is -2.12. The number of aliphatic hydroxyl groups excluding tert-OH is 1. The molecule has 108 valence electrons. The molecule has 1 aromatic heterocycles. The van der Waals surface area contributed by atoms with Crippen LogP contribution >= 0.6 is 34.5 Å². The van der Waals surface area contributed by atoms with Gasteiger partial charge >= 0.3 is 0 Å². The van der Waals surface area contributed by atoms with Crippen LogP contribution in [0, 0.1) is 11.8 Å². The smallest absolute Gasteiger partial charge is 0.259 e. The van der Waals surface area contributed by atoms with Crippen LogP contribution in [0.5, 0.6) is 0 Å². The highest BCUT2D eigenvalue weighted by Crippen LogP contribution is 2.23. The van der Waals surface area contributed by atoms with Crippen molar-refractivity contribution in [3.05, 3.63) is 44.9 Å². The van der Waals surface area contributed by atoms with E-state index in [0.717, 1.165) is 0 Å². The normalized spacial score (nSPS) is 9.86. The van der Waals surface area contributed by atoms with E-state index in [-0.39, 0.29) is 18.1 Å². The summed E-state index contributed by atoms with van der Waals surface area (Å²) >= 11 is 13.1. The molecule has 0 fully saturated rings. The number of nitrogens with one attached hydrogen (secondary N) is 1. The molecular formula is C14H10Cl2N2O2S. The summed E-state index contributed by atoms with van der Waals surface area (Å²) in [7, 11) is 0. The van der Waals surface area contributed by atoms with Gasteiger partial charge in [-0.3, -0.25) is 10.1 Å². The summed E-state index contributed by atoms with van der Waals surface area (Å²) in [5, 5.41) is 12.5. The molecule has 0 atom stereocenters. The van der Waals surface area contributed by atoms with E-state index in [4.69, 9.17) is 28.3 Å². The summed E-state index contributed by atoms with van der Waals surface area (Å²) in [6, 6.07) is 4.67. The van der Waals surface area contributed by atoms with E-state index >= 15 is 0 Å². The standard InChI is InChI=1S/C14H10Cl2N2O2S/c15-9-4-5-12(16)11(7-9)13(20)18-14-17-8-10(21-14)3-1-2-6-19/h4-5,7-8,19H,2,6H2,(H,17,18,20). The summed E-state index contributed by atoms with van der Waals surface area (Å²) in [5.74, 6) is 5.25. The van der Waals surface area contributed by atoms with Crippen molar-refractivity contribution in [1.82, 2.24) is 4.98 Å². The van der Waals surface area contributed by atoms with Gasteiger partial charge in [0.1, 0.15) is 0 Å². The first-order chi connectivity index (χ1) is 10.1. The first-order valence-corrected chi connectivity index (χ1v) is 7.49. The van der Waals surface area contributed by atoms with E-state index in [1.807, 2.05) is 0 Å². The van der Waals surface area contributed by atoms with Gasteiger partial charge in [-0.05, 0) is 18.2 Å². The van der Waals surface area contributed by atoms with Crippen molar-refractivity contribution < 1.29 is 9.90 Å². The van der Waals surface area contributed by atoms with Gasteiger partial charge in [0, 0.05) is 11.4 Å². The van der Waals surface area contributed by atoms with E-state index in [1.165, 1.54) is 17.4 Å². The number of hydrogen-bond acceptors (Lipinski definition) is 4. The molecule has 0 radical (unpaired) electrons. The molecule has 0 unspecified atom stereocenters. The Bertz CT molecular complexity index is 719. The summed E-state index contributed by atoms with van der Waals surface area (Å²) in [5.41, 5.74) is 0.285. The Labute approximate surface area is 135 Å². The second kappa shape index (κ2) is 7.43. The number of aromatic nitrogens is 1. The van der Waals surface area contributed by atoms with Crippen LogP contribution < -0.4 is 5.32 Å². The molecule has 0 spiro atoms. The molecular weight excluding hydrogens is 331 g/mol. The van der Waals surface area contributed by atoms with Gasteiger partial charge in [0.15, 0.2) is 5.13 Å². The Morgan fingerprint density at radius 1 is 1.43 bits per heavy atom. The molecule has 0 aliphatic rings. The molecule has 2 rings (SSSR count). The van der Waals surface area contributed by atoms with Crippen molar-refractivity contribution in [2.24, 2.45) is 0 Å². The summed E-state index contributed by atoms with van der Waals surface area (Å²) in [6.07, 6.45) is 1.96. The number of anilines is 1. The highest BCUT2D eigenvalue weighted by Gasteiger charge is 2.12. The van der Waals surface area contributed by atoms with E-state index in [2.05, 4.69) is 22.1 Å². The number of carbonyl (C=O) groups excluding carboxylic acids is 1. The predicted molar refractivity (Wildman–Crippen MR) is 85.1 cm³/mol. The number of carbonyl (C=O) groups is 1. The van der Waals surface area contributed by atoms with Gasteiger partial charge in [-0.25, -0.2) is 4.98 Å². The number of hydrogen-bond donors (Lipinski definition) is 2. The van der Waals surface area contributed by atoms with Gasteiger partial charge in [0.25, 0.3) is 5.91 Å². The minimum absolute atomic E-state index is 0.0165. The lowest BCUT2D eigenvalue weighted by molar-refractivity contribution is 0.102. The van der Waals surface area contributed by atoms with Crippen molar-refractivity contribution in [2.75, 3.05) is 11.9 Å². The molecule has 0 aliphatic carbocycles. The molecule has 4 nitrogen and oxygen atoms in total. The Kier molecular flexibility index (Phi) is 5.59. The number of nitrogens with zero attached hydrogens (tertiary/aromatic N) is 1. The van der Waals surface area contributed by atoms with Crippen LogP contribution in [0.4, 0.5) is 5.13 Å². The van der Waals surface area contributed by atoms with E-state index < -0.39 is 0 Å². The number of thiazole rings is 1. The van der Waals surface area contributed by atoms with Crippen LogP contribution in [-0.2, 0) is 0 Å². The zero-order valence-electron chi connectivity index (χ0n) is 10.7. The Morgan fingerprint density at radius 3 is 3.00 bits per heavy atom. The minimum atomic E-state index is -0.383. The van der Waals surface area contributed by atoms with Gasteiger partial charge in [-0.15, -0.1) is 0 Å². The zero-order chi connectivity index (χ0) is 15.2. The lowest BCUT2D eigenvalue weighted by Gasteiger charge is -2.04. The van der Waals surface area contributed by atoms with Crippen molar-refractivity contribution >= 4 is 45.6 Å². The number of amides is 1. The molecule has 1 amide bonds. The molecule has 1 heterocycles. The summed E-state index contributed by atoms with van der Waals surface area (Å²) in [6.45, 7) is 0.0165. The molecule has 2 N–H and O–H groups in total. The van der Waals surface area contributed by atoms with Crippen LogP contribution in [0.3, 0.4) is 0 Å². The SMILES string of the molecule is O=C(Nc1ncc(C#CCCO)s1)c1cc(Cl)ccc1Cl. The first-order valence-electron chi connectivity index (χ1n) is 5.92. The minimum Gasteiger partial charge on any atom is -0.395 e. The van der Waals surface area contributed by atoms with Crippen LogP contribution in [0.2, 0.25) is 10.0 Å². The number of aliphatic hydroxyl groups is 1. The molecule has 21 heavy (non-hydrogen) atoms. The third-order valence-corrected chi connectivity index (χ3v) is 3.74. The largest absolute Gasteiger partial charge is 0.395 e. The van der Waals surface area contributed by atoms with Crippen LogP contribution in [0.15, 0.2) is 24.4 Å². The van der Waals surface area contributed by atoms with Crippen LogP contribution in [0.1, 0.15) is 21.7 Å². The molecule has 0 aliphatic heterocycles.